The minimum atomic E-state index is -5.26. The molecule has 0 spiro atoms. The lowest BCUT2D eigenvalue weighted by Crippen LogP contribution is -2.57. The van der Waals surface area contributed by atoms with Crippen molar-refractivity contribution in [1.29, 1.82) is 0 Å². The van der Waals surface area contributed by atoms with E-state index < -0.39 is 29.9 Å². The van der Waals surface area contributed by atoms with Crippen molar-refractivity contribution >= 4 is 0 Å². The molecule has 0 atom stereocenters. The molecule has 0 amide bonds. The summed E-state index contributed by atoms with van der Waals surface area (Å²) in [6.45, 7) is -3.56. The fourth-order valence-corrected chi connectivity index (χ4v) is 0.448. The third kappa shape index (κ3) is 1.48. The van der Waals surface area contributed by atoms with Crippen molar-refractivity contribution in [3.05, 3.63) is 10.1 Å². The molecule has 0 radical (unpaired) electrons. The average Bonchev–Trinajstić information content (AvgIpc) is 1.87. The largest absolute Gasteiger partial charge is 0.465 e. The van der Waals surface area contributed by atoms with Crippen molar-refractivity contribution in [1.82, 2.24) is 0 Å². The summed E-state index contributed by atoms with van der Waals surface area (Å²) in [5, 5.41) is 26.2. The minimum absolute atomic E-state index is 1.74. The summed E-state index contributed by atoms with van der Waals surface area (Å²) >= 11 is 0. The molecular weight excluding hydrogens is 183 g/mol. The monoisotopic (exact) mass is 189 g/mol. The molecule has 0 saturated heterocycles. The summed E-state index contributed by atoms with van der Waals surface area (Å²) in [7, 11) is 0. The van der Waals surface area contributed by atoms with E-state index in [4.69, 9.17) is 10.2 Å². The number of aliphatic hydroxyl groups is 2. The molecule has 5 nitrogen and oxygen atoms in total. The van der Waals surface area contributed by atoms with Crippen molar-refractivity contribution in [2.45, 2.75) is 11.7 Å². The molecule has 12 heavy (non-hydrogen) atoms. The molecule has 8 heteroatoms. The zero-order valence-electron chi connectivity index (χ0n) is 5.71. The van der Waals surface area contributed by atoms with Crippen LogP contribution in [0.4, 0.5) is 13.2 Å². The van der Waals surface area contributed by atoms with Gasteiger partial charge in [-0.1, -0.05) is 0 Å². The highest BCUT2D eigenvalue weighted by Crippen LogP contribution is 2.32. The maximum absolute atomic E-state index is 11.9. The standard InChI is InChI=1S/C4H6F3NO4/c5-4(6,7)3(1-9,2-10)8(11)12/h9-10H,1-2H2. The second kappa shape index (κ2) is 3.23. The van der Waals surface area contributed by atoms with Crippen LogP contribution in [0.2, 0.25) is 0 Å². The van der Waals surface area contributed by atoms with Gasteiger partial charge in [0, 0.05) is 4.92 Å². The Morgan fingerprint density at radius 1 is 1.25 bits per heavy atom. The normalized spacial score (nSPS) is 13.1. The van der Waals surface area contributed by atoms with Gasteiger partial charge in [0.1, 0.15) is 13.2 Å². The number of nitrogens with zero attached hydrogens (tertiary/aromatic N) is 1. The average molecular weight is 189 g/mol. The Morgan fingerprint density at radius 3 is 1.58 bits per heavy atom. The maximum atomic E-state index is 11.9. The van der Waals surface area contributed by atoms with E-state index in [9.17, 15) is 23.3 Å². The second-order valence-electron chi connectivity index (χ2n) is 2.10. The van der Waals surface area contributed by atoms with Crippen LogP contribution in [-0.4, -0.2) is 40.1 Å². The Bertz CT molecular complexity index is 176. The molecule has 0 aromatic rings. The molecule has 2 N–H and O–H groups in total. The zero-order valence-corrected chi connectivity index (χ0v) is 5.71. The predicted molar refractivity (Wildman–Crippen MR) is 30.0 cm³/mol. The van der Waals surface area contributed by atoms with Crippen molar-refractivity contribution in [3.63, 3.8) is 0 Å². The van der Waals surface area contributed by atoms with E-state index in [1.807, 2.05) is 0 Å². The molecule has 0 fully saturated rings. The first-order chi connectivity index (χ1) is 5.31. The third-order valence-corrected chi connectivity index (χ3v) is 1.40. The van der Waals surface area contributed by atoms with Crippen LogP contribution < -0.4 is 0 Å². The number of rotatable bonds is 3. The predicted octanol–water partition coefficient (Wildman–Crippen LogP) is -0.451. The first kappa shape index (κ1) is 11.1. The fourth-order valence-electron chi connectivity index (χ4n) is 0.448. The van der Waals surface area contributed by atoms with Crippen molar-refractivity contribution in [2.24, 2.45) is 0 Å². The van der Waals surface area contributed by atoms with Crippen LogP contribution in [-0.2, 0) is 0 Å². The molecule has 72 valence electrons. The SMILES string of the molecule is O=[N+]([O-])C(CO)(CO)C(F)(F)F. The summed E-state index contributed by atoms with van der Waals surface area (Å²) in [5.41, 5.74) is -3.65. The van der Waals surface area contributed by atoms with Gasteiger partial charge in [-0.2, -0.15) is 13.2 Å². The summed E-state index contributed by atoms with van der Waals surface area (Å²) in [6, 6.07) is 0. The van der Waals surface area contributed by atoms with Crippen molar-refractivity contribution in [2.75, 3.05) is 13.2 Å². The van der Waals surface area contributed by atoms with Crippen LogP contribution in [0.25, 0.3) is 0 Å². The smallest absolute Gasteiger partial charge is 0.388 e. The quantitative estimate of drug-likeness (QED) is 0.465. The summed E-state index contributed by atoms with van der Waals surface area (Å²) in [5.74, 6) is 0. The van der Waals surface area contributed by atoms with Gasteiger partial charge in [-0.3, -0.25) is 10.1 Å². The Labute approximate surface area is 64.6 Å². The first-order valence-electron chi connectivity index (χ1n) is 2.75. The lowest BCUT2D eigenvalue weighted by molar-refractivity contribution is -0.619. The van der Waals surface area contributed by atoms with E-state index in [0.29, 0.717) is 0 Å². The number of hydrogen-bond donors (Lipinski definition) is 2. The summed E-state index contributed by atoms with van der Waals surface area (Å²) in [4.78, 5) is 8.15. The van der Waals surface area contributed by atoms with Gasteiger partial charge in [-0.25, -0.2) is 0 Å². The summed E-state index contributed by atoms with van der Waals surface area (Å²) < 4.78 is 35.6. The van der Waals surface area contributed by atoms with Crippen molar-refractivity contribution in [3.8, 4) is 0 Å². The van der Waals surface area contributed by atoms with E-state index in [1.54, 1.807) is 0 Å². The lowest BCUT2D eigenvalue weighted by atomic mass is 10.0. The number of aliphatic hydroxyl groups excluding tert-OH is 2. The van der Waals surface area contributed by atoms with E-state index in [2.05, 4.69) is 0 Å². The number of nitro groups is 1. The fraction of sp³-hybridized carbons (Fsp3) is 1.00. The maximum Gasteiger partial charge on any atom is 0.465 e. The van der Waals surface area contributed by atoms with Crippen LogP contribution in [0, 0.1) is 10.1 Å². The van der Waals surface area contributed by atoms with Crippen LogP contribution >= 0.6 is 0 Å². The highest BCUT2D eigenvalue weighted by Gasteiger charge is 2.65. The Kier molecular flexibility index (Phi) is 2.99. The molecule has 0 aromatic carbocycles. The van der Waals surface area contributed by atoms with Crippen LogP contribution in [0.15, 0.2) is 0 Å². The highest BCUT2D eigenvalue weighted by molar-refractivity contribution is 4.85. The van der Waals surface area contributed by atoms with Gasteiger partial charge in [-0.05, 0) is 0 Å². The Balaban J connectivity index is 4.97. The third-order valence-electron chi connectivity index (χ3n) is 1.40. The number of hydrogen-bond acceptors (Lipinski definition) is 4. The van der Waals surface area contributed by atoms with Crippen molar-refractivity contribution < 1.29 is 28.3 Å². The van der Waals surface area contributed by atoms with Crippen LogP contribution in [0.1, 0.15) is 0 Å². The van der Waals surface area contributed by atoms with E-state index in [0.717, 1.165) is 0 Å². The lowest BCUT2D eigenvalue weighted by Gasteiger charge is -2.22. The zero-order chi connectivity index (χ0) is 9.99. The number of halogens is 3. The van der Waals surface area contributed by atoms with Gasteiger partial charge in [0.15, 0.2) is 0 Å². The number of alkyl halides is 3. The molecule has 0 rings (SSSR count). The molecular formula is C4H6F3NO4. The topological polar surface area (TPSA) is 83.6 Å². The van der Waals surface area contributed by atoms with Gasteiger partial charge < -0.3 is 10.2 Å². The molecule has 0 heterocycles. The van der Waals surface area contributed by atoms with Gasteiger partial charge in [-0.15, -0.1) is 0 Å². The molecule has 0 aliphatic heterocycles. The van der Waals surface area contributed by atoms with E-state index in [-0.39, 0.29) is 0 Å². The minimum Gasteiger partial charge on any atom is -0.388 e. The Hall–Kier alpha value is -0.890. The second-order valence-corrected chi connectivity index (χ2v) is 2.10. The molecule has 0 unspecified atom stereocenters. The molecule has 0 bridgehead atoms. The van der Waals surface area contributed by atoms with Gasteiger partial charge in [0.2, 0.25) is 0 Å². The Morgan fingerprint density at radius 2 is 1.58 bits per heavy atom. The van der Waals surface area contributed by atoms with Crippen LogP contribution in [0.3, 0.4) is 0 Å². The molecule has 0 aromatic heterocycles. The first-order valence-corrected chi connectivity index (χ1v) is 2.75. The van der Waals surface area contributed by atoms with E-state index >= 15 is 0 Å². The van der Waals surface area contributed by atoms with E-state index in [1.165, 1.54) is 0 Å². The highest BCUT2D eigenvalue weighted by atomic mass is 19.4. The summed E-state index contributed by atoms with van der Waals surface area (Å²) in [6.07, 6.45) is -5.26. The molecule has 0 aliphatic rings. The van der Waals surface area contributed by atoms with Gasteiger partial charge >= 0.3 is 11.7 Å². The van der Waals surface area contributed by atoms with Crippen LogP contribution in [0.5, 0.6) is 0 Å². The molecule has 0 aliphatic carbocycles. The van der Waals surface area contributed by atoms with Gasteiger partial charge in [0.25, 0.3) is 0 Å². The molecule has 0 saturated carbocycles. The van der Waals surface area contributed by atoms with Gasteiger partial charge in [0.05, 0.1) is 0 Å².